The van der Waals surface area contributed by atoms with Gasteiger partial charge in [0.05, 0.1) is 0 Å². The van der Waals surface area contributed by atoms with E-state index in [1.807, 2.05) is 0 Å². The molecule has 0 fully saturated rings. The van der Waals surface area contributed by atoms with Gasteiger partial charge < -0.3 is 4.42 Å². The van der Waals surface area contributed by atoms with Crippen LogP contribution in [0.1, 0.15) is 26.7 Å². The number of ketones is 1. The second-order valence-electron chi connectivity index (χ2n) is 3.16. The molecule has 80 valence electrons. The van der Waals surface area contributed by atoms with Gasteiger partial charge in [-0.25, -0.2) is 4.39 Å². The van der Waals surface area contributed by atoms with Crippen molar-refractivity contribution in [1.82, 2.24) is 0 Å². The van der Waals surface area contributed by atoms with Crippen molar-refractivity contribution in [2.75, 3.05) is 0 Å². The van der Waals surface area contributed by atoms with Crippen molar-refractivity contribution in [2.24, 2.45) is 0 Å². The summed E-state index contributed by atoms with van der Waals surface area (Å²) in [5.74, 6) is -0.642. The maximum atomic E-state index is 12.6. The first-order chi connectivity index (χ1) is 7.70. The Morgan fingerprint density at radius 2 is 1.81 bits per heavy atom. The molecule has 1 heterocycles. The van der Waals surface area contributed by atoms with Gasteiger partial charge in [0, 0.05) is 5.56 Å². The highest BCUT2D eigenvalue weighted by Crippen LogP contribution is 2.13. The highest BCUT2D eigenvalue weighted by atomic mass is 19.1. The molecular weight excluding hydrogens is 211 g/mol. The molecule has 3 nitrogen and oxygen atoms in total. The van der Waals surface area contributed by atoms with Crippen LogP contribution in [-0.2, 0) is 0 Å². The Morgan fingerprint density at radius 3 is 2.38 bits per heavy atom. The van der Waals surface area contributed by atoms with E-state index in [-0.39, 0.29) is 17.3 Å². The summed E-state index contributed by atoms with van der Waals surface area (Å²) in [7, 11) is 0. The van der Waals surface area contributed by atoms with Gasteiger partial charge in [-0.15, -0.1) is 0 Å². The van der Waals surface area contributed by atoms with E-state index in [1.54, 1.807) is 0 Å². The van der Waals surface area contributed by atoms with Crippen LogP contribution >= 0.6 is 0 Å². The van der Waals surface area contributed by atoms with Crippen LogP contribution in [0.4, 0.5) is 4.39 Å². The van der Waals surface area contributed by atoms with Crippen LogP contribution in [0, 0.1) is 5.82 Å². The molecule has 0 amide bonds. The minimum absolute atomic E-state index is 0.0636. The zero-order chi connectivity index (χ0) is 11.5. The van der Waals surface area contributed by atoms with Crippen molar-refractivity contribution in [2.45, 2.75) is 0 Å². The average Bonchev–Trinajstić information content (AvgIpc) is 2.77. The number of aldehydes is 1. The SMILES string of the molecule is O=Cc1ccc(C(=O)c2ccc(F)cc2)o1. The molecule has 0 bridgehead atoms. The van der Waals surface area contributed by atoms with E-state index in [1.165, 1.54) is 36.4 Å². The molecule has 0 N–H and O–H groups in total. The predicted octanol–water partition coefficient (Wildman–Crippen LogP) is 2.46. The second-order valence-corrected chi connectivity index (χ2v) is 3.16. The van der Waals surface area contributed by atoms with Gasteiger partial charge in [-0.2, -0.15) is 0 Å². The molecule has 1 aromatic carbocycles. The summed E-state index contributed by atoms with van der Waals surface area (Å²) in [4.78, 5) is 22.1. The monoisotopic (exact) mass is 218 g/mol. The third kappa shape index (κ3) is 1.91. The molecule has 0 aliphatic rings. The average molecular weight is 218 g/mol. The predicted molar refractivity (Wildman–Crippen MR) is 53.9 cm³/mol. The summed E-state index contributed by atoms with van der Waals surface area (Å²) in [5, 5.41) is 0. The Bertz CT molecular complexity index is 525. The highest BCUT2D eigenvalue weighted by Gasteiger charge is 2.13. The van der Waals surface area contributed by atoms with E-state index < -0.39 is 5.82 Å². The van der Waals surface area contributed by atoms with Crippen LogP contribution in [0.5, 0.6) is 0 Å². The van der Waals surface area contributed by atoms with Crippen LogP contribution in [0.3, 0.4) is 0 Å². The van der Waals surface area contributed by atoms with Crippen LogP contribution in [0.2, 0.25) is 0 Å². The van der Waals surface area contributed by atoms with Crippen LogP contribution < -0.4 is 0 Å². The van der Waals surface area contributed by atoms with E-state index in [4.69, 9.17) is 4.42 Å². The first-order valence-electron chi connectivity index (χ1n) is 4.56. The Kier molecular flexibility index (Phi) is 2.64. The number of carbonyl (C=O) groups excluding carboxylic acids is 2. The first kappa shape index (κ1) is 10.3. The summed E-state index contributed by atoms with van der Waals surface area (Å²) in [5.41, 5.74) is 0.313. The molecule has 0 saturated heterocycles. The number of carbonyl (C=O) groups is 2. The first-order valence-corrected chi connectivity index (χ1v) is 4.56. The lowest BCUT2D eigenvalue weighted by atomic mass is 10.1. The Balaban J connectivity index is 2.31. The Labute approximate surface area is 90.5 Å². The number of halogens is 1. The van der Waals surface area contributed by atoms with Gasteiger partial charge in [0.25, 0.3) is 0 Å². The van der Waals surface area contributed by atoms with Crippen molar-refractivity contribution in [1.29, 1.82) is 0 Å². The lowest BCUT2D eigenvalue weighted by molar-refractivity contribution is 0.100. The normalized spacial score (nSPS) is 10.1. The van der Waals surface area contributed by atoms with E-state index >= 15 is 0 Å². The molecule has 0 saturated carbocycles. The van der Waals surface area contributed by atoms with Crippen LogP contribution in [-0.4, -0.2) is 12.1 Å². The van der Waals surface area contributed by atoms with Gasteiger partial charge in [-0.3, -0.25) is 9.59 Å². The molecule has 16 heavy (non-hydrogen) atoms. The van der Waals surface area contributed by atoms with Crippen molar-refractivity contribution < 1.29 is 18.4 Å². The van der Waals surface area contributed by atoms with E-state index in [0.29, 0.717) is 11.8 Å². The molecule has 0 aliphatic carbocycles. The topological polar surface area (TPSA) is 47.3 Å². The maximum Gasteiger partial charge on any atom is 0.228 e. The Morgan fingerprint density at radius 1 is 1.12 bits per heavy atom. The largest absolute Gasteiger partial charge is 0.450 e. The summed E-state index contributed by atoms with van der Waals surface area (Å²) in [6.45, 7) is 0. The summed E-state index contributed by atoms with van der Waals surface area (Å²) in [6, 6.07) is 7.92. The third-order valence-corrected chi connectivity index (χ3v) is 2.07. The maximum absolute atomic E-state index is 12.6. The van der Waals surface area contributed by atoms with Gasteiger partial charge in [0.2, 0.25) is 5.78 Å². The number of furan rings is 1. The van der Waals surface area contributed by atoms with Crippen molar-refractivity contribution in [3.05, 3.63) is 59.3 Å². The summed E-state index contributed by atoms with van der Waals surface area (Å²) in [6.07, 6.45) is 0.515. The van der Waals surface area contributed by atoms with E-state index in [0.717, 1.165) is 0 Å². The molecule has 2 rings (SSSR count). The molecule has 1 aromatic heterocycles. The van der Waals surface area contributed by atoms with Crippen LogP contribution in [0.15, 0.2) is 40.8 Å². The highest BCUT2D eigenvalue weighted by molar-refractivity contribution is 6.07. The molecule has 0 atom stereocenters. The fourth-order valence-corrected chi connectivity index (χ4v) is 1.28. The van der Waals surface area contributed by atoms with E-state index in [9.17, 15) is 14.0 Å². The molecule has 0 radical (unpaired) electrons. The van der Waals surface area contributed by atoms with Gasteiger partial charge in [0.1, 0.15) is 5.82 Å². The quantitative estimate of drug-likeness (QED) is 0.587. The molecule has 0 aliphatic heterocycles. The number of hydrogen-bond acceptors (Lipinski definition) is 3. The van der Waals surface area contributed by atoms with E-state index in [2.05, 4.69) is 0 Å². The van der Waals surface area contributed by atoms with Gasteiger partial charge in [-0.1, -0.05) is 0 Å². The smallest absolute Gasteiger partial charge is 0.228 e. The minimum atomic E-state index is -0.412. The van der Waals surface area contributed by atoms with Crippen molar-refractivity contribution in [3.63, 3.8) is 0 Å². The molecule has 2 aromatic rings. The molecular formula is C12H7FO3. The summed E-state index contributed by atoms with van der Waals surface area (Å²) >= 11 is 0. The minimum Gasteiger partial charge on any atom is -0.450 e. The van der Waals surface area contributed by atoms with Crippen molar-refractivity contribution >= 4 is 12.1 Å². The third-order valence-electron chi connectivity index (χ3n) is 2.07. The zero-order valence-electron chi connectivity index (χ0n) is 8.14. The fourth-order valence-electron chi connectivity index (χ4n) is 1.28. The fraction of sp³-hybridized carbons (Fsp3) is 0. The van der Waals surface area contributed by atoms with Gasteiger partial charge in [0.15, 0.2) is 17.8 Å². The van der Waals surface area contributed by atoms with Crippen LogP contribution in [0.25, 0.3) is 0 Å². The summed E-state index contributed by atoms with van der Waals surface area (Å²) < 4.78 is 17.6. The lowest BCUT2D eigenvalue weighted by Crippen LogP contribution is -1.99. The molecule has 0 unspecified atom stereocenters. The number of rotatable bonds is 3. The van der Waals surface area contributed by atoms with Crippen molar-refractivity contribution in [3.8, 4) is 0 Å². The standard InChI is InChI=1S/C12H7FO3/c13-9-3-1-8(2-4-9)12(15)11-6-5-10(7-14)16-11/h1-7H. The lowest BCUT2D eigenvalue weighted by Gasteiger charge is -1.96. The number of hydrogen-bond donors (Lipinski definition) is 0. The zero-order valence-corrected chi connectivity index (χ0v) is 8.14. The number of benzene rings is 1. The Hall–Kier alpha value is -2.23. The second kappa shape index (κ2) is 4.10. The molecule has 0 spiro atoms. The van der Waals surface area contributed by atoms with Gasteiger partial charge in [-0.05, 0) is 36.4 Å². The molecule has 4 heteroatoms. The van der Waals surface area contributed by atoms with Gasteiger partial charge >= 0.3 is 0 Å².